The van der Waals surface area contributed by atoms with Gasteiger partial charge in [0, 0.05) is 45.3 Å². The minimum atomic E-state index is -0.478. The van der Waals surface area contributed by atoms with Crippen LogP contribution in [0.4, 0.5) is 0 Å². The summed E-state index contributed by atoms with van der Waals surface area (Å²) in [6, 6.07) is 16.4. The van der Waals surface area contributed by atoms with Crippen LogP contribution in [0.25, 0.3) is 28.1 Å². The standard InChI is InChI=1S/C27H29N7O4/c1-31-26(36)24-22(34(27(31)37)20-5-3-2-4-6-20)18-29-25(30-24)19-7-9-21(10-8-19)38-16-15-32-11-13-33(14-12-32)23(35)17-28/h2-10,18H,11-17,28H2,1H3. The van der Waals surface area contributed by atoms with E-state index in [1.165, 1.54) is 17.8 Å². The number of carbonyl (C=O) groups is 1. The molecule has 1 saturated heterocycles. The third-order valence-electron chi connectivity index (χ3n) is 6.70. The predicted molar refractivity (Wildman–Crippen MR) is 143 cm³/mol. The number of hydrogen-bond donors (Lipinski definition) is 1. The maximum absolute atomic E-state index is 12.9. The van der Waals surface area contributed by atoms with Gasteiger partial charge in [-0.05, 0) is 36.4 Å². The maximum Gasteiger partial charge on any atom is 0.335 e. The Balaban J connectivity index is 1.29. The normalized spacial score (nSPS) is 14.1. The van der Waals surface area contributed by atoms with E-state index in [1.54, 1.807) is 17.0 Å². The summed E-state index contributed by atoms with van der Waals surface area (Å²) < 4.78 is 8.40. The Morgan fingerprint density at radius 1 is 1.00 bits per heavy atom. The van der Waals surface area contributed by atoms with E-state index in [0.29, 0.717) is 42.5 Å². The van der Waals surface area contributed by atoms with Crippen molar-refractivity contribution in [2.45, 2.75) is 0 Å². The van der Waals surface area contributed by atoms with Crippen molar-refractivity contribution in [1.29, 1.82) is 0 Å². The lowest BCUT2D eigenvalue weighted by Gasteiger charge is -2.34. The van der Waals surface area contributed by atoms with Gasteiger partial charge in [-0.3, -0.25) is 23.6 Å². The lowest BCUT2D eigenvalue weighted by atomic mass is 10.2. The molecule has 0 spiro atoms. The second-order valence-electron chi connectivity index (χ2n) is 9.04. The molecule has 0 atom stereocenters. The largest absolute Gasteiger partial charge is 0.492 e. The molecular weight excluding hydrogens is 486 g/mol. The van der Waals surface area contributed by atoms with E-state index in [4.69, 9.17) is 10.5 Å². The van der Waals surface area contributed by atoms with Gasteiger partial charge in [-0.2, -0.15) is 0 Å². The third kappa shape index (κ3) is 5.06. The highest BCUT2D eigenvalue weighted by Crippen LogP contribution is 2.21. The van der Waals surface area contributed by atoms with Crippen molar-refractivity contribution in [2.24, 2.45) is 12.8 Å². The molecule has 1 fully saturated rings. The van der Waals surface area contributed by atoms with E-state index in [0.717, 1.165) is 29.8 Å². The number of amides is 1. The Morgan fingerprint density at radius 2 is 1.71 bits per heavy atom. The number of ether oxygens (including phenoxy) is 1. The molecular formula is C27H29N7O4. The van der Waals surface area contributed by atoms with Crippen LogP contribution in [0.3, 0.4) is 0 Å². The van der Waals surface area contributed by atoms with E-state index >= 15 is 0 Å². The van der Waals surface area contributed by atoms with Crippen LogP contribution in [0.5, 0.6) is 5.75 Å². The van der Waals surface area contributed by atoms with Gasteiger partial charge in [0.25, 0.3) is 5.56 Å². The summed E-state index contributed by atoms with van der Waals surface area (Å²) in [5.41, 5.74) is 6.36. The molecule has 2 aromatic carbocycles. The smallest absolute Gasteiger partial charge is 0.335 e. The molecule has 2 aromatic heterocycles. The molecule has 3 heterocycles. The highest BCUT2D eigenvalue weighted by molar-refractivity contribution is 5.78. The molecule has 38 heavy (non-hydrogen) atoms. The fourth-order valence-electron chi connectivity index (χ4n) is 4.50. The lowest BCUT2D eigenvalue weighted by molar-refractivity contribution is -0.131. The number of hydrogen-bond acceptors (Lipinski definition) is 8. The molecule has 11 nitrogen and oxygen atoms in total. The van der Waals surface area contributed by atoms with E-state index in [-0.39, 0.29) is 18.0 Å². The number of nitrogens with zero attached hydrogens (tertiary/aromatic N) is 6. The third-order valence-corrected chi connectivity index (χ3v) is 6.70. The van der Waals surface area contributed by atoms with Crippen LogP contribution in [-0.4, -0.2) is 80.7 Å². The van der Waals surface area contributed by atoms with Crippen molar-refractivity contribution in [3.63, 3.8) is 0 Å². The van der Waals surface area contributed by atoms with Crippen LogP contribution < -0.4 is 21.7 Å². The van der Waals surface area contributed by atoms with E-state index in [2.05, 4.69) is 14.9 Å². The van der Waals surface area contributed by atoms with Crippen LogP contribution in [0, 0.1) is 0 Å². The van der Waals surface area contributed by atoms with Gasteiger partial charge in [0.05, 0.1) is 18.4 Å². The second kappa shape index (κ2) is 11.0. The van der Waals surface area contributed by atoms with Crippen LogP contribution >= 0.6 is 0 Å². The summed E-state index contributed by atoms with van der Waals surface area (Å²) in [5, 5.41) is 0. The number of piperazine rings is 1. The molecule has 4 aromatic rings. The maximum atomic E-state index is 12.9. The van der Waals surface area contributed by atoms with Crippen molar-refractivity contribution in [2.75, 3.05) is 45.9 Å². The minimum absolute atomic E-state index is 0.0118. The molecule has 0 aliphatic carbocycles. The molecule has 0 saturated carbocycles. The van der Waals surface area contributed by atoms with Gasteiger partial charge in [0.15, 0.2) is 11.3 Å². The summed E-state index contributed by atoms with van der Waals surface area (Å²) in [6.45, 7) is 4.28. The van der Waals surface area contributed by atoms with E-state index < -0.39 is 11.2 Å². The van der Waals surface area contributed by atoms with Gasteiger partial charge >= 0.3 is 5.69 Å². The summed E-state index contributed by atoms with van der Waals surface area (Å²) >= 11 is 0. The molecule has 5 rings (SSSR count). The number of benzene rings is 2. The van der Waals surface area contributed by atoms with Crippen molar-refractivity contribution < 1.29 is 9.53 Å². The zero-order valence-electron chi connectivity index (χ0n) is 21.1. The van der Waals surface area contributed by atoms with Crippen LogP contribution in [0.2, 0.25) is 0 Å². The molecule has 1 amide bonds. The molecule has 2 N–H and O–H groups in total. The van der Waals surface area contributed by atoms with Crippen LogP contribution in [0.1, 0.15) is 0 Å². The van der Waals surface area contributed by atoms with Crippen LogP contribution in [-0.2, 0) is 11.8 Å². The quantitative estimate of drug-likeness (QED) is 0.380. The van der Waals surface area contributed by atoms with Gasteiger partial charge in [-0.15, -0.1) is 0 Å². The first-order valence-corrected chi connectivity index (χ1v) is 12.4. The van der Waals surface area contributed by atoms with Crippen molar-refractivity contribution in [1.82, 2.24) is 28.9 Å². The molecule has 0 bridgehead atoms. The van der Waals surface area contributed by atoms with Gasteiger partial charge in [-0.25, -0.2) is 14.8 Å². The number of para-hydroxylation sites is 1. The zero-order chi connectivity index (χ0) is 26.6. The molecule has 196 valence electrons. The summed E-state index contributed by atoms with van der Waals surface area (Å²) in [5.74, 6) is 1.08. The fraction of sp³-hybridized carbons (Fsp3) is 0.296. The number of carbonyl (C=O) groups excluding carboxylic acids is 1. The Labute approximate surface area is 218 Å². The van der Waals surface area contributed by atoms with Gasteiger partial charge in [0.1, 0.15) is 17.9 Å². The average molecular weight is 516 g/mol. The average Bonchev–Trinajstić information content (AvgIpc) is 2.97. The highest BCUT2D eigenvalue weighted by Gasteiger charge is 2.20. The van der Waals surface area contributed by atoms with E-state index in [1.807, 2.05) is 42.5 Å². The first-order chi connectivity index (χ1) is 18.5. The summed E-state index contributed by atoms with van der Waals surface area (Å²) in [4.78, 5) is 50.5. The molecule has 0 unspecified atom stereocenters. The Bertz CT molecular complexity index is 1560. The zero-order valence-corrected chi connectivity index (χ0v) is 21.1. The highest BCUT2D eigenvalue weighted by atomic mass is 16.5. The topological polar surface area (TPSA) is 129 Å². The van der Waals surface area contributed by atoms with Gasteiger partial charge in [0.2, 0.25) is 5.91 Å². The lowest BCUT2D eigenvalue weighted by Crippen LogP contribution is -2.50. The first-order valence-electron chi connectivity index (χ1n) is 12.4. The molecule has 0 radical (unpaired) electrons. The van der Waals surface area contributed by atoms with Crippen molar-refractivity contribution in [3.8, 4) is 22.8 Å². The minimum Gasteiger partial charge on any atom is -0.492 e. The number of fused-ring (bicyclic) bond motifs is 1. The van der Waals surface area contributed by atoms with Crippen molar-refractivity contribution >= 4 is 16.9 Å². The fourth-order valence-corrected chi connectivity index (χ4v) is 4.50. The predicted octanol–water partition coefficient (Wildman–Crippen LogP) is 0.628. The molecule has 11 heteroatoms. The second-order valence-corrected chi connectivity index (χ2v) is 9.04. The van der Waals surface area contributed by atoms with Gasteiger partial charge < -0.3 is 15.4 Å². The number of aromatic nitrogens is 4. The number of rotatable bonds is 7. The Morgan fingerprint density at radius 3 is 2.39 bits per heavy atom. The Hall–Kier alpha value is -4.35. The summed E-state index contributed by atoms with van der Waals surface area (Å²) in [6.07, 6.45) is 1.51. The van der Waals surface area contributed by atoms with E-state index in [9.17, 15) is 14.4 Å². The Kier molecular flexibility index (Phi) is 7.29. The van der Waals surface area contributed by atoms with Crippen LogP contribution in [0.15, 0.2) is 70.4 Å². The number of nitrogens with two attached hydrogens (primary N) is 1. The first kappa shape index (κ1) is 25.3. The summed E-state index contributed by atoms with van der Waals surface area (Å²) in [7, 11) is 1.44. The molecule has 1 aliphatic rings. The van der Waals surface area contributed by atoms with Crippen molar-refractivity contribution in [3.05, 3.63) is 81.6 Å². The monoisotopic (exact) mass is 515 g/mol. The van der Waals surface area contributed by atoms with Gasteiger partial charge in [-0.1, -0.05) is 18.2 Å². The molecule has 1 aliphatic heterocycles. The SMILES string of the molecule is Cn1c(=O)c2nc(-c3ccc(OCCN4CCN(C(=O)CN)CC4)cc3)ncc2n(-c2ccccc2)c1=O.